The van der Waals surface area contributed by atoms with Crippen LogP contribution in [-0.2, 0) is 16.1 Å². The van der Waals surface area contributed by atoms with Gasteiger partial charge in [-0.25, -0.2) is 4.98 Å². The van der Waals surface area contributed by atoms with E-state index < -0.39 is 6.29 Å². The normalized spacial score (nSPS) is 18.5. The lowest BCUT2D eigenvalue weighted by Crippen LogP contribution is -2.32. The van der Waals surface area contributed by atoms with E-state index in [0.717, 1.165) is 21.4 Å². The fourth-order valence-corrected chi connectivity index (χ4v) is 5.68. The van der Waals surface area contributed by atoms with E-state index >= 15 is 0 Å². The Kier molecular flexibility index (Phi) is 8.38. The molecule has 6 rings (SSSR count). The molecule has 0 saturated carbocycles. The van der Waals surface area contributed by atoms with Gasteiger partial charge in [-0.05, 0) is 41.5 Å². The number of pyridine rings is 1. The molecular formula is C32H28N4O5S. The van der Waals surface area contributed by atoms with Crippen LogP contribution in [0.4, 0.5) is 5.69 Å². The van der Waals surface area contributed by atoms with Crippen molar-refractivity contribution < 1.29 is 24.1 Å². The quantitative estimate of drug-likeness (QED) is 0.143. The van der Waals surface area contributed by atoms with Gasteiger partial charge in [0.05, 0.1) is 36.0 Å². The van der Waals surface area contributed by atoms with Gasteiger partial charge in [0.1, 0.15) is 5.69 Å². The lowest BCUT2D eigenvalue weighted by Gasteiger charge is -2.36. The number of aliphatic hydroxyl groups excluding tert-OH is 1. The van der Waals surface area contributed by atoms with Crippen LogP contribution < -0.4 is 10.0 Å². The second kappa shape index (κ2) is 12.7. The summed E-state index contributed by atoms with van der Waals surface area (Å²) in [6.45, 7) is -0.0353. The number of anilines is 1. The van der Waals surface area contributed by atoms with Crippen LogP contribution in [0.25, 0.3) is 11.0 Å². The van der Waals surface area contributed by atoms with Crippen LogP contribution in [0.3, 0.4) is 0 Å². The number of rotatable bonds is 8. The minimum absolute atomic E-state index is 0.0353. The Bertz CT molecular complexity index is 1700. The van der Waals surface area contributed by atoms with Gasteiger partial charge < -0.3 is 25.1 Å². The number of amides is 1. The molecule has 1 fully saturated rings. The van der Waals surface area contributed by atoms with Crippen LogP contribution in [0.5, 0.6) is 0 Å². The number of benzene rings is 3. The number of ether oxygens (including phenoxy) is 2. The molecule has 0 bridgehead atoms. The predicted molar refractivity (Wildman–Crippen MR) is 158 cm³/mol. The summed E-state index contributed by atoms with van der Waals surface area (Å²) in [4.78, 5) is 21.8. The van der Waals surface area contributed by atoms with Gasteiger partial charge in [-0.3, -0.25) is 9.78 Å². The number of nitrogens with zero attached hydrogens (tertiary/aromatic N) is 3. The van der Waals surface area contributed by atoms with Gasteiger partial charge in [-0.15, -0.1) is 0 Å². The molecule has 0 aliphatic carbocycles. The predicted octanol–water partition coefficient (Wildman–Crippen LogP) is 5.35. The second-order valence-electron chi connectivity index (χ2n) is 9.85. The maximum Gasteiger partial charge on any atom is 0.275 e. The molecule has 1 amide bonds. The van der Waals surface area contributed by atoms with Crippen molar-refractivity contribution in [2.75, 3.05) is 11.1 Å². The van der Waals surface area contributed by atoms with Gasteiger partial charge >= 0.3 is 0 Å². The van der Waals surface area contributed by atoms with Crippen molar-refractivity contribution in [3.8, 4) is 0 Å². The first-order valence-electron chi connectivity index (χ1n) is 13.5. The summed E-state index contributed by atoms with van der Waals surface area (Å²) >= 11 is 1.43. The maximum atomic E-state index is 13.0. The average Bonchev–Trinajstić information content (AvgIpc) is 3.04. The van der Waals surface area contributed by atoms with E-state index in [9.17, 15) is 15.1 Å². The van der Waals surface area contributed by atoms with E-state index in [1.165, 1.54) is 24.2 Å². The largest absolute Gasteiger partial charge is 0.618 e. The van der Waals surface area contributed by atoms with Crippen molar-refractivity contribution in [3.05, 3.63) is 131 Å². The molecule has 42 heavy (non-hydrogen) atoms. The van der Waals surface area contributed by atoms with E-state index in [4.69, 9.17) is 9.47 Å². The van der Waals surface area contributed by atoms with Crippen molar-refractivity contribution in [1.29, 1.82) is 0 Å². The minimum atomic E-state index is -0.709. The van der Waals surface area contributed by atoms with Gasteiger partial charge in [0.25, 0.3) is 10.9 Å². The molecule has 9 nitrogen and oxygen atoms in total. The van der Waals surface area contributed by atoms with Crippen molar-refractivity contribution in [2.45, 2.75) is 36.6 Å². The third kappa shape index (κ3) is 6.42. The van der Waals surface area contributed by atoms with Gasteiger partial charge in [0.2, 0.25) is 0 Å². The lowest BCUT2D eigenvalue weighted by molar-refractivity contribution is -0.645. The molecule has 2 N–H and O–H groups in total. The average molecular weight is 581 g/mol. The van der Waals surface area contributed by atoms with Crippen LogP contribution >= 0.6 is 11.8 Å². The third-order valence-corrected chi connectivity index (χ3v) is 8.07. The zero-order valence-electron chi connectivity index (χ0n) is 22.5. The number of hydrogen-bond donors (Lipinski definition) is 2. The highest BCUT2D eigenvalue weighted by Crippen LogP contribution is 2.39. The number of hydrogen-bond acceptors (Lipinski definition) is 8. The Labute approximate surface area is 246 Å². The molecule has 0 radical (unpaired) electrons. The van der Waals surface area contributed by atoms with Crippen molar-refractivity contribution in [3.63, 3.8) is 0 Å². The summed E-state index contributed by atoms with van der Waals surface area (Å²) < 4.78 is 13.7. The standard InChI is InChI=1S/C32H28N4O5S/c37-19-21-11-13-22(14-12-21)29-17-25(20-42-30-10-3-4-15-36(30)39)40-32(41-29)23-6-5-7-24(16-23)34-31(38)28-18-33-26-8-1-2-9-27(26)35-28/h1-16,18,25,29,32,37H,17,19-20H2,(H,34,38)/t25-,29+,32+/m0/s1. The zero-order valence-corrected chi connectivity index (χ0v) is 23.3. The zero-order chi connectivity index (χ0) is 28.9. The van der Waals surface area contributed by atoms with Crippen molar-refractivity contribution >= 4 is 34.4 Å². The van der Waals surface area contributed by atoms with Crippen LogP contribution in [0.15, 0.2) is 108 Å². The molecule has 1 saturated heterocycles. The number of carbonyl (C=O) groups excluding carboxylic acids is 1. The Hall–Kier alpha value is -4.35. The number of aromatic nitrogens is 3. The highest BCUT2D eigenvalue weighted by Gasteiger charge is 2.33. The van der Waals surface area contributed by atoms with Crippen LogP contribution in [0.1, 0.15) is 46.0 Å². The Morgan fingerprint density at radius 2 is 1.79 bits per heavy atom. The van der Waals surface area contributed by atoms with E-state index in [-0.39, 0.29) is 30.4 Å². The molecule has 3 atom stereocenters. The Morgan fingerprint density at radius 1 is 0.976 bits per heavy atom. The van der Waals surface area contributed by atoms with E-state index in [0.29, 0.717) is 33.9 Å². The lowest BCUT2D eigenvalue weighted by atomic mass is 10.0. The van der Waals surface area contributed by atoms with Gasteiger partial charge in [0.15, 0.2) is 12.5 Å². The molecule has 5 aromatic rings. The van der Waals surface area contributed by atoms with E-state index in [1.807, 2.05) is 72.8 Å². The summed E-state index contributed by atoms with van der Waals surface area (Å²) in [6.07, 6.45) is 2.32. The van der Waals surface area contributed by atoms with Crippen molar-refractivity contribution in [2.24, 2.45) is 0 Å². The fraction of sp³-hybridized carbons (Fsp3) is 0.188. The molecule has 0 spiro atoms. The van der Waals surface area contributed by atoms with Crippen LogP contribution in [-0.4, -0.2) is 32.8 Å². The maximum absolute atomic E-state index is 13.0. The Balaban J connectivity index is 1.21. The molecular weight excluding hydrogens is 552 g/mol. The first-order valence-corrected chi connectivity index (χ1v) is 14.5. The fourth-order valence-electron chi connectivity index (χ4n) is 4.75. The highest BCUT2D eigenvalue weighted by atomic mass is 32.2. The molecule has 3 heterocycles. The summed E-state index contributed by atoms with van der Waals surface area (Å²) in [7, 11) is 0. The monoisotopic (exact) mass is 580 g/mol. The molecule has 3 aromatic carbocycles. The van der Waals surface area contributed by atoms with E-state index in [1.54, 1.807) is 18.2 Å². The van der Waals surface area contributed by atoms with Gasteiger partial charge in [0, 0.05) is 35.6 Å². The summed E-state index contributed by atoms with van der Waals surface area (Å²) in [5.41, 5.74) is 4.66. The number of thioether (sulfide) groups is 1. The minimum Gasteiger partial charge on any atom is -0.618 e. The molecule has 212 valence electrons. The number of para-hydroxylation sites is 2. The molecule has 0 unspecified atom stereocenters. The van der Waals surface area contributed by atoms with Gasteiger partial charge in [-0.2, -0.15) is 4.73 Å². The molecule has 10 heteroatoms. The number of carbonyl (C=O) groups is 1. The summed E-state index contributed by atoms with van der Waals surface area (Å²) in [6, 6.07) is 27.7. The second-order valence-corrected chi connectivity index (χ2v) is 10.9. The molecule has 1 aliphatic rings. The summed E-state index contributed by atoms with van der Waals surface area (Å²) in [5, 5.41) is 25.1. The van der Waals surface area contributed by atoms with Crippen LogP contribution in [0.2, 0.25) is 0 Å². The summed E-state index contributed by atoms with van der Waals surface area (Å²) in [5.74, 6) is 0.176. The number of aliphatic hydroxyl groups is 1. The number of fused-ring (bicyclic) bond motifs is 1. The topological polar surface area (TPSA) is 121 Å². The molecule has 2 aromatic heterocycles. The Morgan fingerprint density at radius 3 is 2.60 bits per heavy atom. The van der Waals surface area contributed by atoms with E-state index in [2.05, 4.69) is 15.3 Å². The van der Waals surface area contributed by atoms with Crippen LogP contribution in [0, 0.1) is 5.21 Å². The first kappa shape index (κ1) is 27.8. The SMILES string of the molecule is O=C(Nc1cccc([C@@H]2O[C@H](CSc3cccc[n+]3[O-])C[C@H](c3ccc(CO)cc3)O2)c1)c1cnc2ccccc2n1. The first-order chi connectivity index (χ1) is 20.6. The number of nitrogens with one attached hydrogen (secondary N) is 1. The highest BCUT2D eigenvalue weighted by molar-refractivity contribution is 7.99. The smallest absolute Gasteiger partial charge is 0.275 e. The van der Waals surface area contributed by atoms with Gasteiger partial charge in [-0.1, -0.05) is 60.3 Å². The third-order valence-electron chi connectivity index (χ3n) is 6.92. The van der Waals surface area contributed by atoms with Crippen molar-refractivity contribution in [1.82, 2.24) is 9.97 Å². The molecule has 1 aliphatic heterocycles.